The Morgan fingerprint density at radius 3 is 2.61 bits per heavy atom. The van der Waals surface area contributed by atoms with Gasteiger partial charge in [-0.2, -0.15) is 0 Å². The zero-order valence-corrected chi connectivity index (χ0v) is 11.1. The van der Waals surface area contributed by atoms with E-state index in [9.17, 15) is 4.79 Å². The van der Waals surface area contributed by atoms with Crippen LogP contribution < -0.4 is 5.73 Å². The Balaban J connectivity index is 1.98. The van der Waals surface area contributed by atoms with Crippen LogP contribution >= 0.6 is 0 Å². The summed E-state index contributed by atoms with van der Waals surface area (Å²) >= 11 is 0. The number of nitrogens with zero attached hydrogens (tertiary/aromatic N) is 2. The number of amidine groups is 1. The van der Waals surface area contributed by atoms with E-state index >= 15 is 0 Å². The van der Waals surface area contributed by atoms with Crippen LogP contribution in [-0.4, -0.2) is 34.9 Å². The molecule has 0 aromatic heterocycles. The molecule has 5 heteroatoms. The summed E-state index contributed by atoms with van der Waals surface area (Å²) in [6, 6.07) is 0. The molecule has 102 valence electrons. The lowest BCUT2D eigenvalue weighted by Gasteiger charge is -2.33. The number of hydrogen-bond acceptors (Lipinski definition) is 3. The second kappa shape index (κ2) is 5.16. The Morgan fingerprint density at radius 1 is 1.33 bits per heavy atom. The summed E-state index contributed by atoms with van der Waals surface area (Å²) in [7, 11) is 0. The van der Waals surface area contributed by atoms with Crippen LogP contribution in [0.15, 0.2) is 5.16 Å². The van der Waals surface area contributed by atoms with E-state index in [2.05, 4.69) is 5.16 Å². The minimum Gasteiger partial charge on any atom is -0.409 e. The van der Waals surface area contributed by atoms with Crippen LogP contribution in [0.1, 0.15) is 45.4 Å². The average molecular weight is 253 g/mol. The number of amides is 1. The van der Waals surface area contributed by atoms with Gasteiger partial charge in [0.25, 0.3) is 0 Å². The first-order valence-corrected chi connectivity index (χ1v) is 6.84. The highest BCUT2D eigenvalue weighted by Crippen LogP contribution is 2.43. The van der Waals surface area contributed by atoms with Gasteiger partial charge in [-0.25, -0.2) is 0 Å². The topological polar surface area (TPSA) is 78.9 Å². The average Bonchev–Trinajstić information content (AvgIpc) is 2.80. The summed E-state index contributed by atoms with van der Waals surface area (Å²) in [5.41, 5.74) is 5.87. The van der Waals surface area contributed by atoms with Gasteiger partial charge in [0.2, 0.25) is 5.91 Å². The molecule has 18 heavy (non-hydrogen) atoms. The Hall–Kier alpha value is -1.26. The lowest BCUT2D eigenvalue weighted by Crippen LogP contribution is -2.40. The molecule has 0 bridgehead atoms. The van der Waals surface area contributed by atoms with Crippen LogP contribution in [0.25, 0.3) is 0 Å². The maximum atomic E-state index is 12.2. The summed E-state index contributed by atoms with van der Waals surface area (Å²) in [6.07, 6.45) is 7.51. The molecule has 0 aromatic carbocycles. The van der Waals surface area contributed by atoms with Gasteiger partial charge in [0.05, 0.1) is 5.92 Å². The number of carbonyl (C=O) groups is 1. The van der Waals surface area contributed by atoms with Gasteiger partial charge >= 0.3 is 0 Å². The standard InChI is InChI=1S/C13H23N3O2/c1-10(11(14)15-18)12(17)16-8-7-13(9-16)5-3-2-4-6-13/h10,18H,2-9H2,1H3,(H2,14,15). The predicted molar refractivity (Wildman–Crippen MR) is 69.3 cm³/mol. The molecule has 2 rings (SSSR count). The molecule has 2 aliphatic rings. The van der Waals surface area contributed by atoms with Crippen LogP contribution in [0.5, 0.6) is 0 Å². The van der Waals surface area contributed by atoms with E-state index in [1.165, 1.54) is 32.1 Å². The van der Waals surface area contributed by atoms with E-state index in [4.69, 9.17) is 10.9 Å². The van der Waals surface area contributed by atoms with E-state index in [-0.39, 0.29) is 11.7 Å². The monoisotopic (exact) mass is 253 g/mol. The molecule has 1 aliphatic heterocycles. The predicted octanol–water partition coefficient (Wildman–Crippen LogP) is 1.55. The highest BCUT2D eigenvalue weighted by atomic mass is 16.4. The number of nitrogens with two attached hydrogens (primary N) is 1. The lowest BCUT2D eigenvalue weighted by atomic mass is 9.73. The van der Waals surface area contributed by atoms with Crippen molar-refractivity contribution < 1.29 is 10.0 Å². The smallest absolute Gasteiger partial charge is 0.233 e. The lowest BCUT2D eigenvalue weighted by molar-refractivity contribution is -0.132. The first-order valence-electron chi connectivity index (χ1n) is 6.84. The van der Waals surface area contributed by atoms with Crippen molar-refractivity contribution in [2.75, 3.05) is 13.1 Å². The molecule has 1 heterocycles. The zero-order valence-electron chi connectivity index (χ0n) is 11.1. The number of likely N-dealkylation sites (tertiary alicyclic amines) is 1. The second-order valence-electron chi connectivity index (χ2n) is 5.82. The summed E-state index contributed by atoms with van der Waals surface area (Å²) in [5, 5.41) is 11.6. The molecule has 3 N–H and O–H groups in total. The summed E-state index contributed by atoms with van der Waals surface area (Å²) in [6.45, 7) is 3.38. The first-order chi connectivity index (χ1) is 8.58. The van der Waals surface area contributed by atoms with Gasteiger partial charge in [0, 0.05) is 13.1 Å². The van der Waals surface area contributed by atoms with E-state index in [1.54, 1.807) is 6.92 Å². The molecule has 0 radical (unpaired) electrons. The quantitative estimate of drug-likeness (QED) is 0.339. The fraction of sp³-hybridized carbons (Fsp3) is 0.846. The van der Waals surface area contributed by atoms with Crippen LogP contribution in [-0.2, 0) is 4.79 Å². The second-order valence-corrected chi connectivity index (χ2v) is 5.82. The van der Waals surface area contributed by atoms with Crippen LogP contribution in [0.3, 0.4) is 0 Å². The Labute approximate surface area is 108 Å². The van der Waals surface area contributed by atoms with Gasteiger partial charge < -0.3 is 15.8 Å². The summed E-state index contributed by atoms with van der Waals surface area (Å²) in [4.78, 5) is 14.1. The number of rotatable bonds is 2. The molecule has 1 atom stereocenters. The van der Waals surface area contributed by atoms with Gasteiger partial charge in [-0.15, -0.1) is 0 Å². The molecule has 0 aromatic rings. The zero-order chi connectivity index (χ0) is 13.2. The van der Waals surface area contributed by atoms with Crippen molar-refractivity contribution in [3.8, 4) is 0 Å². The normalized spacial score (nSPS) is 25.4. The van der Waals surface area contributed by atoms with Crippen molar-refractivity contribution >= 4 is 11.7 Å². The molecule has 1 saturated carbocycles. The minimum absolute atomic E-state index is 0.00425. The maximum absolute atomic E-state index is 12.2. The highest BCUT2D eigenvalue weighted by Gasteiger charge is 2.41. The van der Waals surface area contributed by atoms with E-state index < -0.39 is 5.92 Å². The van der Waals surface area contributed by atoms with E-state index in [0.29, 0.717) is 5.41 Å². The molecule has 1 unspecified atom stereocenters. The fourth-order valence-electron chi connectivity index (χ4n) is 3.32. The van der Waals surface area contributed by atoms with Gasteiger partial charge in [-0.3, -0.25) is 4.79 Å². The van der Waals surface area contributed by atoms with E-state index in [0.717, 1.165) is 19.5 Å². The molecule has 1 saturated heterocycles. The van der Waals surface area contributed by atoms with Crippen LogP contribution in [0, 0.1) is 11.3 Å². The molecule has 1 spiro atoms. The summed E-state index contributed by atoms with van der Waals surface area (Å²) < 4.78 is 0. The fourth-order valence-corrected chi connectivity index (χ4v) is 3.32. The Morgan fingerprint density at radius 2 is 2.00 bits per heavy atom. The van der Waals surface area contributed by atoms with Gasteiger partial charge in [-0.1, -0.05) is 24.4 Å². The highest BCUT2D eigenvalue weighted by molar-refractivity contribution is 6.01. The third-order valence-electron chi connectivity index (χ3n) is 4.59. The van der Waals surface area contributed by atoms with E-state index in [1.807, 2.05) is 4.90 Å². The number of oxime groups is 1. The number of hydrogen-bond donors (Lipinski definition) is 2. The molecule has 1 amide bonds. The van der Waals surface area contributed by atoms with Gasteiger partial charge in [0.15, 0.2) is 5.84 Å². The van der Waals surface area contributed by atoms with Crippen molar-refractivity contribution in [3.63, 3.8) is 0 Å². The van der Waals surface area contributed by atoms with Crippen molar-refractivity contribution in [1.82, 2.24) is 4.90 Å². The maximum Gasteiger partial charge on any atom is 0.233 e. The van der Waals surface area contributed by atoms with Crippen molar-refractivity contribution in [2.45, 2.75) is 45.4 Å². The van der Waals surface area contributed by atoms with Crippen LogP contribution in [0.2, 0.25) is 0 Å². The Bertz CT molecular complexity index is 348. The third kappa shape index (κ3) is 2.44. The molecule has 1 aliphatic carbocycles. The van der Waals surface area contributed by atoms with Gasteiger partial charge in [-0.05, 0) is 31.6 Å². The van der Waals surface area contributed by atoms with Crippen molar-refractivity contribution in [1.29, 1.82) is 0 Å². The third-order valence-corrected chi connectivity index (χ3v) is 4.59. The molecular formula is C13H23N3O2. The first kappa shape index (κ1) is 13.2. The van der Waals surface area contributed by atoms with Crippen LogP contribution in [0.4, 0.5) is 0 Å². The largest absolute Gasteiger partial charge is 0.409 e. The van der Waals surface area contributed by atoms with Crippen molar-refractivity contribution in [3.05, 3.63) is 0 Å². The van der Waals surface area contributed by atoms with Gasteiger partial charge in [0.1, 0.15) is 0 Å². The molecule has 5 nitrogen and oxygen atoms in total. The van der Waals surface area contributed by atoms with Crippen molar-refractivity contribution in [2.24, 2.45) is 22.2 Å². The SMILES string of the molecule is CC(C(=O)N1CCC2(CCCCC2)C1)C(N)=NO. The molecule has 2 fully saturated rings. The Kier molecular flexibility index (Phi) is 3.78. The number of carbonyl (C=O) groups excluding carboxylic acids is 1. The molecular weight excluding hydrogens is 230 g/mol. The minimum atomic E-state index is -0.520. The summed E-state index contributed by atoms with van der Waals surface area (Å²) in [5.74, 6) is -0.522.